The highest BCUT2D eigenvalue weighted by Gasteiger charge is 2.47. The minimum atomic E-state index is -0.856. The summed E-state index contributed by atoms with van der Waals surface area (Å²) in [4.78, 5) is 41.7. The number of alkyl carbamates (subject to hydrolysis) is 1. The largest absolute Gasteiger partial charge is 0.444 e. The summed E-state index contributed by atoms with van der Waals surface area (Å²) in [6.07, 6.45) is 0.127. The monoisotopic (exact) mass is 515 g/mol. The Bertz CT molecular complexity index is 1340. The van der Waals surface area contributed by atoms with Crippen molar-refractivity contribution in [2.45, 2.75) is 65.6 Å². The Balaban J connectivity index is 1.67. The van der Waals surface area contributed by atoms with Crippen LogP contribution in [0.2, 0.25) is 0 Å². The summed E-state index contributed by atoms with van der Waals surface area (Å²) < 4.78 is 5.31. The fourth-order valence-electron chi connectivity index (χ4n) is 4.90. The molecule has 3 amide bonds. The standard InChI is InChI=1S/C31H37N3O4/c1-19-10-9-11-20(2)27(19)28(29(36)33-24-15-14-22-12-7-8-13-23(22)17-24)34(25-16-21(25)3)26(35)18-32-30(37)38-31(4,5)6/h7-15,17,21,25,28H,16,18H2,1-6H3,(H,32,37)(H,33,36). The lowest BCUT2D eigenvalue weighted by Gasteiger charge is -2.34. The molecule has 0 aromatic heterocycles. The number of benzene rings is 3. The molecule has 1 saturated carbocycles. The summed E-state index contributed by atoms with van der Waals surface area (Å²) in [5, 5.41) is 7.74. The van der Waals surface area contributed by atoms with Gasteiger partial charge in [-0.3, -0.25) is 9.59 Å². The molecule has 3 aromatic carbocycles. The Kier molecular flexibility index (Phi) is 7.76. The summed E-state index contributed by atoms with van der Waals surface area (Å²) in [5.74, 6) is -0.366. The van der Waals surface area contributed by atoms with E-state index in [0.29, 0.717) is 5.69 Å². The first-order valence-electron chi connectivity index (χ1n) is 13.1. The van der Waals surface area contributed by atoms with Crippen molar-refractivity contribution in [2.24, 2.45) is 5.92 Å². The molecule has 3 atom stereocenters. The second-order valence-electron chi connectivity index (χ2n) is 11.2. The molecule has 38 heavy (non-hydrogen) atoms. The second kappa shape index (κ2) is 10.9. The lowest BCUT2D eigenvalue weighted by atomic mass is 9.93. The van der Waals surface area contributed by atoms with Crippen molar-refractivity contribution in [1.29, 1.82) is 0 Å². The van der Waals surface area contributed by atoms with Crippen LogP contribution >= 0.6 is 0 Å². The van der Waals surface area contributed by atoms with Gasteiger partial charge in [-0.05, 0) is 86.6 Å². The zero-order chi connectivity index (χ0) is 27.6. The van der Waals surface area contributed by atoms with Gasteiger partial charge in [0.2, 0.25) is 5.91 Å². The predicted molar refractivity (Wildman–Crippen MR) is 150 cm³/mol. The summed E-state index contributed by atoms with van der Waals surface area (Å²) in [5.41, 5.74) is 2.63. The van der Waals surface area contributed by atoms with Gasteiger partial charge in [0.25, 0.3) is 5.91 Å². The van der Waals surface area contributed by atoms with Crippen LogP contribution in [-0.2, 0) is 14.3 Å². The molecule has 7 nitrogen and oxygen atoms in total. The van der Waals surface area contributed by atoms with Gasteiger partial charge >= 0.3 is 6.09 Å². The van der Waals surface area contributed by atoms with E-state index in [-0.39, 0.29) is 30.3 Å². The highest BCUT2D eigenvalue weighted by atomic mass is 16.6. The molecule has 2 N–H and O–H groups in total. The smallest absolute Gasteiger partial charge is 0.408 e. The first-order chi connectivity index (χ1) is 17.9. The molecule has 0 aliphatic heterocycles. The number of fused-ring (bicyclic) bond motifs is 1. The molecule has 7 heteroatoms. The molecule has 3 aromatic rings. The van der Waals surface area contributed by atoms with Crippen LogP contribution in [0.25, 0.3) is 10.8 Å². The Morgan fingerprint density at radius 3 is 2.21 bits per heavy atom. The van der Waals surface area contributed by atoms with Crippen LogP contribution in [-0.4, -0.2) is 41.0 Å². The zero-order valence-corrected chi connectivity index (χ0v) is 23.0. The number of amides is 3. The Morgan fingerprint density at radius 2 is 1.61 bits per heavy atom. The molecule has 3 unspecified atom stereocenters. The highest BCUT2D eigenvalue weighted by molar-refractivity contribution is 6.00. The number of hydrogen-bond donors (Lipinski definition) is 2. The van der Waals surface area contributed by atoms with E-state index in [1.54, 1.807) is 25.7 Å². The van der Waals surface area contributed by atoms with Crippen molar-refractivity contribution in [3.05, 3.63) is 77.4 Å². The summed E-state index contributed by atoms with van der Waals surface area (Å²) in [6.45, 7) is 11.0. The first-order valence-corrected chi connectivity index (χ1v) is 13.1. The molecule has 0 heterocycles. The quantitative estimate of drug-likeness (QED) is 0.410. The third-order valence-corrected chi connectivity index (χ3v) is 6.85. The van der Waals surface area contributed by atoms with Crippen molar-refractivity contribution < 1.29 is 19.1 Å². The van der Waals surface area contributed by atoms with Crippen molar-refractivity contribution in [3.8, 4) is 0 Å². The van der Waals surface area contributed by atoms with E-state index in [2.05, 4.69) is 17.6 Å². The van der Waals surface area contributed by atoms with Gasteiger partial charge in [-0.1, -0.05) is 55.5 Å². The van der Waals surface area contributed by atoms with Gasteiger partial charge in [0.15, 0.2) is 0 Å². The van der Waals surface area contributed by atoms with Gasteiger partial charge < -0.3 is 20.3 Å². The normalized spacial score (nSPS) is 17.4. The van der Waals surface area contributed by atoms with Crippen LogP contribution in [0.1, 0.15) is 56.8 Å². The zero-order valence-electron chi connectivity index (χ0n) is 23.0. The summed E-state index contributed by atoms with van der Waals surface area (Å²) in [7, 11) is 0. The maximum atomic E-state index is 14.0. The van der Waals surface area contributed by atoms with E-state index in [0.717, 1.165) is 33.9 Å². The maximum Gasteiger partial charge on any atom is 0.408 e. The van der Waals surface area contributed by atoms with Gasteiger partial charge in [-0.2, -0.15) is 0 Å². The van der Waals surface area contributed by atoms with Crippen LogP contribution in [0.3, 0.4) is 0 Å². The minimum absolute atomic E-state index is 0.103. The Labute approximate surface area is 224 Å². The molecule has 0 saturated heterocycles. The minimum Gasteiger partial charge on any atom is -0.444 e. The average molecular weight is 516 g/mol. The number of rotatable bonds is 7. The summed E-state index contributed by atoms with van der Waals surface area (Å²) >= 11 is 0. The van der Waals surface area contributed by atoms with Crippen LogP contribution in [0.5, 0.6) is 0 Å². The van der Waals surface area contributed by atoms with Crippen LogP contribution < -0.4 is 10.6 Å². The molecule has 0 spiro atoms. The van der Waals surface area contributed by atoms with Crippen LogP contribution in [0.4, 0.5) is 10.5 Å². The van der Waals surface area contributed by atoms with Gasteiger partial charge in [-0.15, -0.1) is 0 Å². The lowest BCUT2D eigenvalue weighted by molar-refractivity contribution is -0.139. The fraction of sp³-hybridized carbons (Fsp3) is 0.387. The molecule has 200 valence electrons. The maximum absolute atomic E-state index is 14.0. The number of carbonyl (C=O) groups is 3. The molecule has 1 aliphatic carbocycles. The first kappa shape index (κ1) is 27.2. The van der Waals surface area contributed by atoms with Crippen molar-refractivity contribution in [3.63, 3.8) is 0 Å². The number of aryl methyl sites for hydroxylation is 2. The van der Waals surface area contributed by atoms with E-state index >= 15 is 0 Å². The van der Waals surface area contributed by atoms with E-state index in [1.165, 1.54) is 0 Å². The number of carbonyl (C=O) groups excluding carboxylic acids is 3. The molecule has 1 fully saturated rings. The molecule has 4 rings (SSSR count). The average Bonchev–Trinajstić information content (AvgIpc) is 3.56. The predicted octanol–water partition coefficient (Wildman–Crippen LogP) is 5.90. The van der Waals surface area contributed by atoms with Gasteiger partial charge in [0, 0.05) is 11.7 Å². The molecular formula is C31H37N3O4. The number of nitrogens with zero attached hydrogens (tertiary/aromatic N) is 1. The van der Waals surface area contributed by atoms with Gasteiger partial charge in [0.1, 0.15) is 18.2 Å². The molecule has 0 radical (unpaired) electrons. The van der Waals surface area contributed by atoms with E-state index in [1.807, 2.05) is 74.5 Å². The highest BCUT2D eigenvalue weighted by Crippen LogP contribution is 2.42. The second-order valence-corrected chi connectivity index (χ2v) is 11.2. The van der Waals surface area contributed by atoms with E-state index in [4.69, 9.17) is 4.74 Å². The number of nitrogens with one attached hydrogen (secondary N) is 2. The van der Waals surface area contributed by atoms with Crippen molar-refractivity contribution >= 4 is 34.4 Å². The molecule has 0 bridgehead atoms. The third kappa shape index (κ3) is 6.33. The van der Waals surface area contributed by atoms with Crippen molar-refractivity contribution in [2.75, 3.05) is 11.9 Å². The van der Waals surface area contributed by atoms with E-state index < -0.39 is 17.7 Å². The number of anilines is 1. The molecule has 1 aliphatic rings. The number of hydrogen-bond acceptors (Lipinski definition) is 4. The van der Waals surface area contributed by atoms with Gasteiger partial charge in [-0.25, -0.2) is 4.79 Å². The number of ether oxygens (including phenoxy) is 1. The lowest BCUT2D eigenvalue weighted by Crippen LogP contribution is -2.48. The van der Waals surface area contributed by atoms with Crippen LogP contribution in [0.15, 0.2) is 60.7 Å². The SMILES string of the molecule is Cc1cccc(C)c1C(C(=O)Nc1ccc2ccccc2c1)N(C(=O)CNC(=O)OC(C)(C)C)C1CC1C. The fourth-order valence-corrected chi connectivity index (χ4v) is 4.90. The third-order valence-electron chi connectivity index (χ3n) is 6.85. The Morgan fingerprint density at radius 1 is 0.974 bits per heavy atom. The van der Waals surface area contributed by atoms with Crippen LogP contribution in [0, 0.1) is 19.8 Å². The van der Waals surface area contributed by atoms with Gasteiger partial charge in [0.05, 0.1) is 0 Å². The van der Waals surface area contributed by atoms with Crippen molar-refractivity contribution in [1.82, 2.24) is 10.2 Å². The summed E-state index contributed by atoms with van der Waals surface area (Å²) in [6, 6.07) is 18.6. The Hall–Kier alpha value is -3.87. The van der Waals surface area contributed by atoms with E-state index in [9.17, 15) is 14.4 Å². The topological polar surface area (TPSA) is 87.7 Å². The molecular weight excluding hydrogens is 478 g/mol.